The summed E-state index contributed by atoms with van der Waals surface area (Å²) in [7, 11) is 3.33. The second-order valence-electron chi connectivity index (χ2n) is 6.57. The van der Waals surface area contributed by atoms with Gasteiger partial charge in [-0.25, -0.2) is 0 Å². The van der Waals surface area contributed by atoms with Crippen LogP contribution in [0.15, 0.2) is 29.3 Å². The Morgan fingerprint density at radius 1 is 1.23 bits per heavy atom. The molecule has 0 aliphatic heterocycles. The fraction of sp³-hybridized carbons (Fsp3) is 0.556. The van der Waals surface area contributed by atoms with Gasteiger partial charge in [0.1, 0.15) is 5.75 Å². The van der Waals surface area contributed by atoms with Crippen molar-refractivity contribution in [1.82, 2.24) is 10.6 Å². The second-order valence-corrected chi connectivity index (χ2v) is 6.57. The minimum absolute atomic E-state index is 0. The molecule has 0 saturated carbocycles. The molecule has 0 radical (unpaired) electrons. The van der Waals surface area contributed by atoms with Crippen LogP contribution in [0.2, 0.25) is 0 Å². The van der Waals surface area contributed by atoms with E-state index in [4.69, 9.17) is 9.47 Å². The Balaban J connectivity index is 0.00000625. The number of aliphatic imine (C=N–C) groups is 1. The molecule has 0 spiro atoms. The van der Waals surface area contributed by atoms with Crippen molar-refractivity contribution in [1.29, 1.82) is 0 Å². The molecule has 3 N–H and O–H groups in total. The normalized spacial score (nSPS) is 11.3. The molecule has 0 aromatic heterocycles. The van der Waals surface area contributed by atoms with Crippen molar-refractivity contribution in [3.05, 3.63) is 24.3 Å². The van der Waals surface area contributed by atoms with Gasteiger partial charge in [0.25, 0.3) is 0 Å². The number of hydrogen-bond donors (Lipinski definition) is 3. The van der Waals surface area contributed by atoms with Gasteiger partial charge in [0.15, 0.2) is 5.96 Å². The topological polar surface area (TPSA) is 84.0 Å². The predicted molar refractivity (Wildman–Crippen MR) is 117 cm³/mol. The van der Waals surface area contributed by atoms with Gasteiger partial charge >= 0.3 is 0 Å². The molecule has 26 heavy (non-hydrogen) atoms. The third kappa shape index (κ3) is 11.1. The number of benzene rings is 1. The van der Waals surface area contributed by atoms with E-state index >= 15 is 0 Å². The maximum Gasteiger partial charge on any atom is 0.239 e. The molecule has 0 atom stereocenters. The van der Waals surface area contributed by atoms with E-state index in [2.05, 4.69) is 20.9 Å². The number of methoxy groups -OCH3 is 1. The van der Waals surface area contributed by atoms with Crippen LogP contribution in [-0.2, 0) is 9.53 Å². The van der Waals surface area contributed by atoms with Crippen LogP contribution < -0.4 is 20.7 Å². The summed E-state index contributed by atoms with van der Waals surface area (Å²) in [5, 5.41) is 9.02. The van der Waals surface area contributed by atoms with Crippen LogP contribution in [0.25, 0.3) is 0 Å². The third-order valence-corrected chi connectivity index (χ3v) is 3.01. The van der Waals surface area contributed by atoms with Crippen LogP contribution in [0.5, 0.6) is 5.75 Å². The largest absolute Gasteiger partial charge is 0.493 e. The van der Waals surface area contributed by atoms with Gasteiger partial charge in [-0.2, -0.15) is 0 Å². The first-order chi connectivity index (χ1) is 11.8. The van der Waals surface area contributed by atoms with Gasteiger partial charge in [-0.05, 0) is 32.9 Å². The summed E-state index contributed by atoms with van der Waals surface area (Å²) in [4.78, 5) is 16.0. The van der Waals surface area contributed by atoms with Gasteiger partial charge in [-0.15, -0.1) is 24.0 Å². The number of guanidine groups is 1. The van der Waals surface area contributed by atoms with E-state index in [1.54, 1.807) is 14.2 Å². The molecule has 1 rings (SSSR count). The van der Waals surface area contributed by atoms with Gasteiger partial charge in [0, 0.05) is 44.5 Å². The molecule has 1 amide bonds. The minimum Gasteiger partial charge on any atom is -0.493 e. The third-order valence-electron chi connectivity index (χ3n) is 3.01. The number of carbonyl (C=O) groups is 1. The first-order valence-electron chi connectivity index (χ1n) is 8.34. The van der Waals surface area contributed by atoms with E-state index in [0.717, 1.165) is 17.9 Å². The average Bonchev–Trinajstić information content (AvgIpc) is 2.54. The average molecular weight is 478 g/mol. The lowest BCUT2D eigenvalue weighted by Gasteiger charge is -2.21. The molecule has 0 aliphatic carbocycles. The first kappa shape index (κ1) is 24.5. The van der Waals surface area contributed by atoms with E-state index < -0.39 is 0 Å². The van der Waals surface area contributed by atoms with Crippen molar-refractivity contribution < 1.29 is 14.3 Å². The summed E-state index contributed by atoms with van der Waals surface area (Å²) in [6.45, 7) is 7.23. The summed E-state index contributed by atoms with van der Waals surface area (Å²) < 4.78 is 10.7. The van der Waals surface area contributed by atoms with Gasteiger partial charge < -0.3 is 25.4 Å². The highest BCUT2D eigenvalue weighted by Gasteiger charge is 2.13. The number of carbonyl (C=O) groups excluding carboxylic acids is 1. The highest BCUT2D eigenvalue weighted by atomic mass is 127. The van der Waals surface area contributed by atoms with Crippen molar-refractivity contribution in [3.63, 3.8) is 0 Å². The van der Waals surface area contributed by atoms with E-state index in [0.29, 0.717) is 19.2 Å². The van der Waals surface area contributed by atoms with Gasteiger partial charge in [0.2, 0.25) is 5.91 Å². The Kier molecular flexibility index (Phi) is 12.0. The molecular weight excluding hydrogens is 447 g/mol. The molecule has 1 aromatic carbocycles. The molecule has 7 nitrogen and oxygen atoms in total. The summed E-state index contributed by atoms with van der Waals surface area (Å²) in [5.41, 5.74) is 0.568. The fourth-order valence-electron chi connectivity index (χ4n) is 2.00. The van der Waals surface area contributed by atoms with Gasteiger partial charge in [-0.3, -0.25) is 9.79 Å². The van der Waals surface area contributed by atoms with Crippen LogP contribution in [0.1, 0.15) is 27.2 Å². The molecule has 0 unspecified atom stereocenters. The van der Waals surface area contributed by atoms with Gasteiger partial charge in [0.05, 0.1) is 13.2 Å². The zero-order valence-electron chi connectivity index (χ0n) is 16.2. The molecule has 148 valence electrons. The lowest BCUT2D eigenvalue weighted by atomic mass is 10.1. The SMILES string of the molecule is CN=C(NCC(=O)NC(C)(C)C)Nc1cccc(OCCCOC)c1.I. The van der Waals surface area contributed by atoms with Crippen LogP contribution >= 0.6 is 24.0 Å². The van der Waals surface area contributed by atoms with E-state index in [-0.39, 0.29) is 42.0 Å². The number of rotatable bonds is 8. The molecule has 0 fully saturated rings. The van der Waals surface area contributed by atoms with Crippen molar-refractivity contribution in [2.45, 2.75) is 32.7 Å². The maximum atomic E-state index is 11.9. The summed E-state index contributed by atoms with van der Waals surface area (Å²) in [6.07, 6.45) is 0.834. The molecule has 0 bridgehead atoms. The molecule has 0 heterocycles. The number of ether oxygens (including phenoxy) is 2. The summed E-state index contributed by atoms with van der Waals surface area (Å²) >= 11 is 0. The van der Waals surface area contributed by atoms with E-state index in [9.17, 15) is 4.79 Å². The second kappa shape index (κ2) is 12.7. The highest BCUT2D eigenvalue weighted by Crippen LogP contribution is 2.17. The van der Waals surface area contributed by atoms with Crippen LogP contribution in [0.4, 0.5) is 5.69 Å². The van der Waals surface area contributed by atoms with Crippen LogP contribution in [0.3, 0.4) is 0 Å². The minimum atomic E-state index is -0.260. The van der Waals surface area contributed by atoms with Crippen LogP contribution in [0, 0.1) is 0 Å². The maximum absolute atomic E-state index is 11.9. The predicted octanol–water partition coefficient (Wildman–Crippen LogP) is 2.62. The van der Waals surface area contributed by atoms with Gasteiger partial charge in [-0.1, -0.05) is 6.07 Å². The Morgan fingerprint density at radius 3 is 2.58 bits per heavy atom. The summed E-state index contributed by atoms with van der Waals surface area (Å²) in [5.74, 6) is 1.19. The molecule has 0 aliphatic rings. The number of nitrogens with zero attached hydrogens (tertiary/aromatic N) is 1. The van der Waals surface area contributed by atoms with E-state index in [1.165, 1.54) is 0 Å². The number of anilines is 1. The van der Waals surface area contributed by atoms with Crippen LogP contribution in [-0.4, -0.2) is 51.3 Å². The zero-order valence-corrected chi connectivity index (χ0v) is 18.5. The Morgan fingerprint density at radius 2 is 1.96 bits per heavy atom. The quantitative estimate of drug-likeness (QED) is 0.232. The van der Waals surface area contributed by atoms with Crippen molar-refractivity contribution in [2.75, 3.05) is 39.2 Å². The van der Waals surface area contributed by atoms with Crippen molar-refractivity contribution in [3.8, 4) is 5.75 Å². The number of amides is 1. The Labute approximate surface area is 173 Å². The smallest absolute Gasteiger partial charge is 0.239 e. The monoisotopic (exact) mass is 478 g/mol. The lowest BCUT2D eigenvalue weighted by molar-refractivity contribution is -0.121. The standard InChI is InChI=1S/C18H30N4O3.HI/c1-18(2,3)22-16(23)13-20-17(19-4)21-14-8-6-9-15(12-14)25-11-7-10-24-5;/h6,8-9,12H,7,10-11,13H2,1-5H3,(H,22,23)(H2,19,20,21);1H. The molecular formula is C18H31IN4O3. The molecule has 1 aromatic rings. The Bertz CT molecular complexity index is 574. The number of nitrogens with one attached hydrogen (secondary N) is 3. The Hall–Kier alpha value is -1.55. The number of halogens is 1. The first-order valence-corrected chi connectivity index (χ1v) is 8.34. The lowest BCUT2D eigenvalue weighted by Crippen LogP contribution is -2.46. The van der Waals surface area contributed by atoms with Crippen molar-refractivity contribution >= 4 is 41.5 Å². The van der Waals surface area contributed by atoms with E-state index in [1.807, 2.05) is 45.0 Å². The molecule has 0 saturated heterocycles. The van der Waals surface area contributed by atoms with Crippen molar-refractivity contribution in [2.24, 2.45) is 4.99 Å². The summed E-state index contributed by atoms with van der Waals surface area (Å²) in [6, 6.07) is 7.58. The fourth-order valence-corrected chi connectivity index (χ4v) is 2.00. The number of hydrogen-bond acceptors (Lipinski definition) is 4. The zero-order chi connectivity index (χ0) is 18.7. The highest BCUT2D eigenvalue weighted by molar-refractivity contribution is 14.0. The molecule has 8 heteroatoms.